The number of benzene rings is 1. The van der Waals surface area contributed by atoms with Crippen LogP contribution in [0.3, 0.4) is 0 Å². The number of ether oxygens (including phenoxy) is 2. The monoisotopic (exact) mass is 254 g/mol. The minimum Gasteiger partial charge on any atom is -0.497 e. The Morgan fingerprint density at radius 1 is 1.17 bits per heavy atom. The van der Waals surface area contributed by atoms with Crippen molar-refractivity contribution in [3.05, 3.63) is 24.3 Å². The van der Waals surface area contributed by atoms with E-state index in [-0.39, 0.29) is 0 Å². The lowest BCUT2D eigenvalue weighted by molar-refractivity contribution is -0.151. The Bertz CT molecular complexity index is 373. The third-order valence-corrected chi connectivity index (χ3v) is 2.99. The molecule has 0 aliphatic rings. The predicted molar refractivity (Wildman–Crippen MR) is 65.5 cm³/mol. The van der Waals surface area contributed by atoms with Gasteiger partial charge in [-0.3, -0.25) is 4.79 Å². The summed E-state index contributed by atoms with van der Waals surface area (Å²) in [5.74, 6) is 0.363. The summed E-state index contributed by atoms with van der Waals surface area (Å²) >= 11 is 0. The zero-order valence-electron chi connectivity index (χ0n) is 10.5. The van der Waals surface area contributed by atoms with Crippen molar-refractivity contribution < 1.29 is 24.5 Å². The van der Waals surface area contributed by atoms with E-state index < -0.39 is 24.6 Å². The molecule has 1 aromatic rings. The predicted octanol–water partition coefficient (Wildman–Crippen LogP) is 0.982. The van der Waals surface area contributed by atoms with Crippen LogP contribution in [0, 0.1) is 5.41 Å². The molecule has 5 nitrogen and oxygen atoms in total. The molecule has 0 heterocycles. The first kappa shape index (κ1) is 14.5. The topological polar surface area (TPSA) is 76.0 Å². The van der Waals surface area contributed by atoms with Crippen LogP contribution in [-0.2, 0) is 4.79 Å². The van der Waals surface area contributed by atoms with Crippen LogP contribution in [0.25, 0.3) is 0 Å². The van der Waals surface area contributed by atoms with Gasteiger partial charge in [-0.1, -0.05) is 6.92 Å². The van der Waals surface area contributed by atoms with Crippen molar-refractivity contribution in [1.82, 2.24) is 0 Å². The van der Waals surface area contributed by atoms with Gasteiger partial charge in [0.2, 0.25) is 0 Å². The molecule has 0 radical (unpaired) electrons. The zero-order valence-corrected chi connectivity index (χ0v) is 10.5. The molecule has 0 amide bonds. The van der Waals surface area contributed by atoms with Crippen LogP contribution in [0.5, 0.6) is 11.5 Å². The average Bonchev–Trinajstić information content (AvgIpc) is 2.42. The second-order valence-corrected chi connectivity index (χ2v) is 4.02. The number of aliphatic hydroxyl groups is 2. The summed E-state index contributed by atoms with van der Waals surface area (Å²) in [4.78, 5) is 11.9. The Morgan fingerprint density at radius 3 is 2.06 bits per heavy atom. The molecular weight excluding hydrogens is 236 g/mol. The van der Waals surface area contributed by atoms with E-state index in [2.05, 4.69) is 0 Å². The molecule has 1 rings (SSSR count). The summed E-state index contributed by atoms with van der Waals surface area (Å²) in [6.07, 6.45) is 0.301. The molecule has 5 heteroatoms. The number of hydrogen-bond donors (Lipinski definition) is 2. The maximum Gasteiger partial charge on any atom is 0.322 e. The normalized spacial score (nSPS) is 11.1. The van der Waals surface area contributed by atoms with Crippen molar-refractivity contribution in [2.24, 2.45) is 5.41 Å². The molecule has 0 saturated heterocycles. The van der Waals surface area contributed by atoms with Crippen molar-refractivity contribution >= 4 is 5.97 Å². The van der Waals surface area contributed by atoms with Crippen LogP contribution in [-0.4, -0.2) is 36.5 Å². The molecule has 100 valence electrons. The van der Waals surface area contributed by atoms with Gasteiger partial charge in [0.05, 0.1) is 20.3 Å². The third-order valence-electron chi connectivity index (χ3n) is 2.99. The lowest BCUT2D eigenvalue weighted by Crippen LogP contribution is -2.41. The molecule has 0 spiro atoms. The highest BCUT2D eigenvalue weighted by molar-refractivity contribution is 5.79. The van der Waals surface area contributed by atoms with E-state index in [1.807, 2.05) is 0 Å². The third kappa shape index (κ3) is 3.00. The molecule has 0 unspecified atom stereocenters. The lowest BCUT2D eigenvalue weighted by Gasteiger charge is -2.25. The Labute approximate surface area is 106 Å². The number of methoxy groups -OCH3 is 1. The van der Waals surface area contributed by atoms with Crippen LogP contribution >= 0.6 is 0 Å². The van der Waals surface area contributed by atoms with Gasteiger partial charge in [0.15, 0.2) is 0 Å². The largest absolute Gasteiger partial charge is 0.497 e. The Morgan fingerprint density at radius 2 is 1.67 bits per heavy atom. The zero-order chi connectivity index (χ0) is 13.6. The Hall–Kier alpha value is -1.59. The summed E-state index contributed by atoms with van der Waals surface area (Å²) in [6, 6.07) is 6.50. The van der Waals surface area contributed by atoms with Crippen LogP contribution in [0.4, 0.5) is 0 Å². The molecule has 18 heavy (non-hydrogen) atoms. The summed E-state index contributed by atoms with van der Waals surface area (Å²) in [5.41, 5.74) is -1.25. The van der Waals surface area contributed by atoms with E-state index in [4.69, 9.17) is 9.47 Å². The van der Waals surface area contributed by atoms with E-state index in [1.54, 1.807) is 38.3 Å². The number of rotatable bonds is 6. The highest BCUT2D eigenvalue weighted by Gasteiger charge is 2.37. The maximum atomic E-state index is 11.9. The standard InChI is InChI=1S/C13H18O5/c1-3-13(8-14,9-15)12(16)18-11-6-4-10(17-2)5-7-11/h4-7,14-15H,3,8-9H2,1-2H3. The number of carbonyl (C=O) groups excluding carboxylic acids is 1. The number of esters is 1. The second kappa shape index (κ2) is 6.37. The first-order valence-electron chi connectivity index (χ1n) is 5.70. The van der Waals surface area contributed by atoms with E-state index in [0.29, 0.717) is 17.9 Å². The number of carbonyl (C=O) groups is 1. The first-order valence-corrected chi connectivity index (χ1v) is 5.70. The van der Waals surface area contributed by atoms with Crippen LogP contribution in [0.15, 0.2) is 24.3 Å². The molecular formula is C13H18O5. The van der Waals surface area contributed by atoms with Gasteiger partial charge in [0.1, 0.15) is 16.9 Å². The van der Waals surface area contributed by atoms with E-state index >= 15 is 0 Å². The highest BCUT2D eigenvalue weighted by Crippen LogP contribution is 2.25. The average molecular weight is 254 g/mol. The summed E-state index contributed by atoms with van der Waals surface area (Å²) < 4.78 is 10.1. The van der Waals surface area contributed by atoms with Crippen molar-refractivity contribution in [2.45, 2.75) is 13.3 Å². The van der Waals surface area contributed by atoms with Gasteiger partial charge in [-0.25, -0.2) is 0 Å². The van der Waals surface area contributed by atoms with E-state index in [9.17, 15) is 15.0 Å². The summed E-state index contributed by atoms with van der Waals surface area (Å²) in [5, 5.41) is 18.5. The van der Waals surface area contributed by atoms with E-state index in [1.165, 1.54) is 0 Å². The molecule has 0 aliphatic carbocycles. The summed E-state index contributed by atoms with van der Waals surface area (Å²) in [7, 11) is 1.54. The fourth-order valence-electron chi connectivity index (χ4n) is 1.41. The summed E-state index contributed by atoms with van der Waals surface area (Å²) in [6.45, 7) is 0.811. The molecule has 0 atom stereocenters. The van der Waals surface area contributed by atoms with Gasteiger partial charge in [0.25, 0.3) is 0 Å². The fraction of sp³-hybridized carbons (Fsp3) is 0.462. The Balaban J connectivity index is 2.79. The molecule has 0 bridgehead atoms. The van der Waals surface area contributed by atoms with Gasteiger partial charge >= 0.3 is 5.97 Å². The van der Waals surface area contributed by atoms with Gasteiger partial charge in [-0.15, -0.1) is 0 Å². The van der Waals surface area contributed by atoms with Crippen molar-refractivity contribution in [2.75, 3.05) is 20.3 Å². The quantitative estimate of drug-likeness (QED) is 0.584. The minimum atomic E-state index is -1.25. The van der Waals surface area contributed by atoms with E-state index in [0.717, 1.165) is 0 Å². The minimum absolute atomic E-state index is 0.301. The molecule has 0 fully saturated rings. The number of hydrogen-bond acceptors (Lipinski definition) is 5. The second-order valence-electron chi connectivity index (χ2n) is 4.02. The molecule has 2 N–H and O–H groups in total. The van der Waals surface area contributed by atoms with Crippen LogP contribution in [0.1, 0.15) is 13.3 Å². The van der Waals surface area contributed by atoms with Crippen LogP contribution < -0.4 is 9.47 Å². The fourth-order valence-corrected chi connectivity index (χ4v) is 1.41. The van der Waals surface area contributed by atoms with Gasteiger partial charge < -0.3 is 19.7 Å². The SMILES string of the molecule is CCC(CO)(CO)C(=O)Oc1ccc(OC)cc1. The number of aliphatic hydroxyl groups excluding tert-OH is 2. The molecule has 0 aliphatic heterocycles. The van der Waals surface area contributed by atoms with Gasteiger partial charge in [-0.05, 0) is 30.7 Å². The van der Waals surface area contributed by atoms with Gasteiger partial charge in [0, 0.05) is 0 Å². The molecule has 1 aromatic carbocycles. The van der Waals surface area contributed by atoms with Gasteiger partial charge in [-0.2, -0.15) is 0 Å². The first-order chi connectivity index (χ1) is 8.61. The Kier molecular flexibility index (Phi) is 5.12. The maximum absolute atomic E-state index is 11.9. The van der Waals surface area contributed by atoms with Crippen molar-refractivity contribution in [3.63, 3.8) is 0 Å². The smallest absolute Gasteiger partial charge is 0.322 e. The van der Waals surface area contributed by atoms with Crippen molar-refractivity contribution in [1.29, 1.82) is 0 Å². The molecule has 0 aromatic heterocycles. The highest BCUT2D eigenvalue weighted by atomic mass is 16.5. The lowest BCUT2D eigenvalue weighted by atomic mass is 9.87. The van der Waals surface area contributed by atoms with Crippen molar-refractivity contribution in [3.8, 4) is 11.5 Å². The molecule has 0 saturated carbocycles. The van der Waals surface area contributed by atoms with Crippen LogP contribution in [0.2, 0.25) is 0 Å².